The average molecular weight is 316 g/mol. The highest BCUT2D eigenvalue weighted by molar-refractivity contribution is 9.10. The van der Waals surface area contributed by atoms with Gasteiger partial charge < -0.3 is 5.11 Å². The van der Waals surface area contributed by atoms with Crippen LogP contribution >= 0.6 is 15.9 Å². The van der Waals surface area contributed by atoms with Crippen molar-refractivity contribution in [2.45, 2.75) is 19.4 Å². The zero-order valence-corrected chi connectivity index (χ0v) is 11.5. The third kappa shape index (κ3) is 3.53. The van der Waals surface area contributed by atoms with Crippen molar-refractivity contribution in [3.63, 3.8) is 0 Å². The molecular formula is C13H15BrFNO2. The molecule has 1 unspecified atom stereocenters. The maximum atomic E-state index is 13.4. The van der Waals surface area contributed by atoms with Crippen molar-refractivity contribution in [3.8, 4) is 0 Å². The van der Waals surface area contributed by atoms with Crippen molar-refractivity contribution in [2.24, 2.45) is 5.92 Å². The maximum Gasteiger partial charge on any atom is 0.303 e. The number of nitrogens with zero attached hydrogens (tertiary/aromatic N) is 1. The number of likely N-dealkylation sites (tertiary alicyclic amines) is 1. The Morgan fingerprint density at radius 3 is 3.00 bits per heavy atom. The van der Waals surface area contributed by atoms with Gasteiger partial charge >= 0.3 is 5.97 Å². The van der Waals surface area contributed by atoms with E-state index in [1.807, 2.05) is 6.07 Å². The van der Waals surface area contributed by atoms with E-state index in [2.05, 4.69) is 20.8 Å². The van der Waals surface area contributed by atoms with E-state index < -0.39 is 5.97 Å². The SMILES string of the molecule is O=C(O)CC1CCN(Cc2ccc(Br)c(F)c2)C1. The molecule has 1 heterocycles. The van der Waals surface area contributed by atoms with Crippen LogP contribution in [-0.4, -0.2) is 29.1 Å². The lowest BCUT2D eigenvalue weighted by Crippen LogP contribution is -2.20. The molecule has 0 aliphatic carbocycles. The smallest absolute Gasteiger partial charge is 0.303 e. The first-order chi connectivity index (χ1) is 8.54. The Morgan fingerprint density at radius 1 is 1.56 bits per heavy atom. The Kier molecular flexibility index (Phi) is 4.35. The van der Waals surface area contributed by atoms with Crippen molar-refractivity contribution < 1.29 is 14.3 Å². The van der Waals surface area contributed by atoms with E-state index in [1.54, 1.807) is 6.07 Å². The molecule has 1 N–H and O–H groups in total. The molecule has 5 heteroatoms. The first-order valence-electron chi connectivity index (χ1n) is 5.92. The summed E-state index contributed by atoms with van der Waals surface area (Å²) < 4.78 is 13.8. The molecule has 1 aromatic rings. The summed E-state index contributed by atoms with van der Waals surface area (Å²) in [4.78, 5) is 12.8. The molecule has 98 valence electrons. The molecule has 1 saturated heterocycles. The summed E-state index contributed by atoms with van der Waals surface area (Å²) in [5.41, 5.74) is 0.923. The molecule has 2 rings (SSSR count). The summed E-state index contributed by atoms with van der Waals surface area (Å²) in [5.74, 6) is -0.770. The van der Waals surface area contributed by atoms with Gasteiger partial charge in [-0.25, -0.2) is 4.39 Å². The van der Waals surface area contributed by atoms with Gasteiger partial charge in [0.25, 0.3) is 0 Å². The van der Waals surface area contributed by atoms with E-state index in [9.17, 15) is 9.18 Å². The lowest BCUT2D eigenvalue weighted by atomic mass is 10.1. The summed E-state index contributed by atoms with van der Waals surface area (Å²) in [6, 6.07) is 5.11. The predicted molar refractivity (Wildman–Crippen MR) is 69.7 cm³/mol. The van der Waals surface area contributed by atoms with Crippen LogP contribution < -0.4 is 0 Å². The Balaban J connectivity index is 1.91. The van der Waals surface area contributed by atoms with Crippen molar-refractivity contribution in [3.05, 3.63) is 34.1 Å². The van der Waals surface area contributed by atoms with Crippen LogP contribution in [0.25, 0.3) is 0 Å². The number of carboxylic acid groups (broad SMARTS) is 1. The van der Waals surface area contributed by atoms with E-state index in [4.69, 9.17) is 5.11 Å². The van der Waals surface area contributed by atoms with Crippen LogP contribution in [0.5, 0.6) is 0 Å². The molecule has 1 fully saturated rings. The molecule has 1 aromatic carbocycles. The fourth-order valence-electron chi connectivity index (χ4n) is 2.37. The molecule has 0 spiro atoms. The molecule has 3 nitrogen and oxygen atoms in total. The number of halogens is 2. The van der Waals surface area contributed by atoms with Crippen molar-refractivity contribution in [1.82, 2.24) is 4.90 Å². The van der Waals surface area contributed by atoms with Gasteiger partial charge in [0.15, 0.2) is 0 Å². The number of carboxylic acids is 1. The number of aliphatic carboxylic acids is 1. The largest absolute Gasteiger partial charge is 0.481 e. The van der Waals surface area contributed by atoms with E-state index in [1.165, 1.54) is 6.07 Å². The second-order valence-corrected chi connectivity index (χ2v) is 5.59. The molecule has 1 aliphatic heterocycles. The summed E-state index contributed by atoms with van der Waals surface area (Å²) in [7, 11) is 0. The molecule has 1 aliphatic rings. The first-order valence-corrected chi connectivity index (χ1v) is 6.72. The van der Waals surface area contributed by atoms with Gasteiger partial charge in [0.1, 0.15) is 5.82 Å². The van der Waals surface area contributed by atoms with E-state index in [-0.39, 0.29) is 18.2 Å². The average Bonchev–Trinajstić information content (AvgIpc) is 2.70. The summed E-state index contributed by atoms with van der Waals surface area (Å²) in [6.07, 6.45) is 1.14. The molecule has 0 saturated carbocycles. The number of hydrogen-bond acceptors (Lipinski definition) is 2. The van der Waals surface area contributed by atoms with Gasteiger partial charge in [0, 0.05) is 19.5 Å². The molecule has 0 bridgehead atoms. The van der Waals surface area contributed by atoms with Crippen molar-refractivity contribution in [2.75, 3.05) is 13.1 Å². The Bertz CT molecular complexity index is 453. The second-order valence-electron chi connectivity index (χ2n) is 4.74. The minimum Gasteiger partial charge on any atom is -0.481 e. The third-order valence-electron chi connectivity index (χ3n) is 3.22. The Hall–Kier alpha value is -0.940. The number of benzene rings is 1. The molecule has 0 aromatic heterocycles. The Morgan fingerprint density at radius 2 is 2.33 bits per heavy atom. The lowest BCUT2D eigenvalue weighted by Gasteiger charge is -2.15. The highest BCUT2D eigenvalue weighted by Gasteiger charge is 2.24. The highest BCUT2D eigenvalue weighted by Crippen LogP contribution is 2.23. The summed E-state index contributed by atoms with van der Waals surface area (Å²) in [6.45, 7) is 2.35. The predicted octanol–water partition coefficient (Wildman–Crippen LogP) is 2.88. The normalized spacial score (nSPS) is 20.2. The van der Waals surface area contributed by atoms with E-state index in [0.717, 1.165) is 25.1 Å². The number of hydrogen-bond donors (Lipinski definition) is 1. The minimum atomic E-state index is -0.739. The first kappa shape index (κ1) is 13.5. The fourth-order valence-corrected chi connectivity index (χ4v) is 2.61. The maximum absolute atomic E-state index is 13.4. The quantitative estimate of drug-likeness (QED) is 0.928. The number of rotatable bonds is 4. The Labute approximate surface area is 114 Å². The molecule has 0 amide bonds. The molecule has 1 atom stereocenters. The van der Waals surface area contributed by atoms with Gasteiger partial charge in [-0.15, -0.1) is 0 Å². The van der Waals surface area contributed by atoms with Gasteiger partial charge in [-0.1, -0.05) is 6.07 Å². The number of carbonyl (C=O) groups is 1. The van der Waals surface area contributed by atoms with Gasteiger partial charge in [0.2, 0.25) is 0 Å². The monoisotopic (exact) mass is 315 g/mol. The van der Waals surface area contributed by atoms with Crippen LogP contribution in [-0.2, 0) is 11.3 Å². The van der Waals surface area contributed by atoms with Crippen LogP contribution in [0.2, 0.25) is 0 Å². The van der Waals surface area contributed by atoms with Gasteiger partial charge in [0.05, 0.1) is 4.47 Å². The fraction of sp³-hybridized carbons (Fsp3) is 0.462. The standard InChI is InChI=1S/C13H15BrFNO2/c14-11-2-1-9(5-12(11)15)7-16-4-3-10(8-16)6-13(17)18/h1-2,5,10H,3-4,6-8H2,(H,17,18). The minimum absolute atomic E-state index is 0.225. The second kappa shape index (κ2) is 5.80. The van der Waals surface area contributed by atoms with Crippen molar-refractivity contribution >= 4 is 21.9 Å². The van der Waals surface area contributed by atoms with Crippen molar-refractivity contribution in [1.29, 1.82) is 0 Å². The van der Waals surface area contributed by atoms with Crippen LogP contribution in [0.4, 0.5) is 4.39 Å². The van der Waals surface area contributed by atoms with Crippen LogP contribution in [0.3, 0.4) is 0 Å². The molecule has 18 heavy (non-hydrogen) atoms. The van der Waals surface area contributed by atoms with E-state index in [0.29, 0.717) is 11.0 Å². The van der Waals surface area contributed by atoms with Crippen LogP contribution in [0.15, 0.2) is 22.7 Å². The van der Waals surface area contributed by atoms with Gasteiger partial charge in [-0.3, -0.25) is 9.69 Å². The van der Waals surface area contributed by atoms with Crippen LogP contribution in [0, 0.1) is 11.7 Å². The zero-order chi connectivity index (χ0) is 13.1. The highest BCUT2D eigenvalue weighted by atomic mass is 79.9. The molecular weight excluding hydrogens is 301 g/mol. The van der Waals surface area contributed by atoms with Gasteiger partial charge in [-0.05, 0) is 52.5 Å². The summed E-state index contributed by atoms with van der Waals surface area (Å²) in [5, 5.41) is 8.74. The molecule has 0 radical (unpaired) electrons. The van der Waals surface area contributed by atoms with E-state index >= 15 is 0 Å². The third-order valence-corrected chi connectivity index (χ3v) is 3.87. The van der Waals surface area contributed by atoms with Gasteiger partial charge in [-0.2, -0.15) is 0 Å². The van der Waals surface area contributed by atoms with Crippen LogP contribution in [0.1, 0.15) is 18.4 Å². The lowest BCUT2D eigenvalue weighted by molar-refractivity contribution is -0.138. The zero-order valence-electron chi connectivity index (χ0n) is 9.90. The topological polar surface area (TPSA) is 40.5 Å². The summed E-state index contributed by atoms with van der Waals surface area (Å²) >= 11 is 3.12.